The molecule has 13 heavy (non-hydrogen) atoms. The first kappa shape index (κ1) is 10.3. The molecule has 0 heterocycles. The third kappa shape index (κ3) is 2.34. The number of benzene rings is 1. The molecule has 0 spiro atoms. The standard InChI is InChI=1S/C9H13ClN2O/c10-7-3-1-2-6(9(7)13)8(12)4-5-11/h1-3,8,13H,4-5,11-12H2. The molecule has 0 saturated carbocycles. The van der Waals surface area contributed by atoms with E-state index >= 15 is 0 Å². The molecule has 0 radical (unpaired) electrons. The average molecular weight is 201 g/mol. The summed E-state index contributed by atoms with van der Waals surface area (Å²) in [5.41, 5.74) is 11.8. The fourth-order valence-electron chi connectivity index (χ4n) is 1.17. The van der Waals surface area contributed by atoms with Gasteiger partial charge in [0.25, 0.3) is 0 Å². The highest BCUT2D eigenvalue weighted by Gasteiger charge is 2.11. The van der Waals surface area contributed by atoms with Crippen LogP contribution in [0.2, 0.25) is 5.02 Å². The van der Waals surface area contributed by atoms with Crippen LogP contribution in [-0.4, -0.2) is 11.7 Å². The van der Waals surface area contributed by atoms with E-state index < -0.39 is 0 Å². The number of phenolic OH excluding ortho intramolecular Hbond substituents is 1. The predicted molar refractivity (Wildman–Crippen MR) is 53.7 cm³/mol. The summed E-state index contributed by atoms with van der Waals surface area (Å²) in [6, 6.07) is 4.88. The maximum absolute atomic E-state index is 9.54. The van der Waals surface area contributed by atoms with Crippen molar-refractivity contribution in [1.29, 1.82) is 0 Å². The van der Waals surface area contributed by atoms with Crippen LogP contribution in [0.4, 0.5) is 0 Å². The first-order valence-corrected chi connectivity index (χ1v) is 4.47. The van der Waals surface area contributed by atoms with E-state index in [4.69, 9.17) is 23.1 Å². The lowest BCUT2D eigenvalue weighted by atomic mass is 10.0. The van der Waals surface area contributed by atoms with Crippen molar-refractivity contribution in [3.05, 3.63) is 28.8 Å². The van der Waals surface area contributed by atoms with Crippen LogP contribution in [0.25, 0.3) is 0 Å². The zero-order valence-electron chi connectivity index (χ0n) is 7.20. The summed E-state index contributed by atoms with van der Waals surface area (Å²) in [5.74, 6) is 0.0603. The minimum Gasteiger partial charge on any atom is -0.506 e. The topological polar surface area (TPSA) is 72.3 Å². The van der Waals surface area contributed by atoms with Gasteiger partial charge in [-0.1, -0.05) is 23.7 Å². The zero-order chi connectivity index (χ0) is 9.84. The Morgan fingerprint density at radius 2 is 2.15 bits per heavy atom. The molecule has 0 saturated heterocycles. The van der Waals surface area contributed by atoms with Crippen LogP contribution in [0.3, 0.4) is 0 Å². The second-order valence-corrected chi connectivity index (χ2v) is 3.27. The highest BCUT2D eigenvalue weighted by atomic mass is 35.5. The van der Waals surface area contributed by atoms with Crippen molar-refractivity contribution in [2.24, 2.45) is 11.5 Å². The van der Waals surface area contributed by atoms with Gasteiger partial charge in [0.2, 0.25) is 0 Å². The number of para-hydroxylation sites is 1. The van der Waals surface area contributed by atoms with Crippen molar-refractivity contribution in [3.8, 4) is 5.75 Å². The van der Waals surface area contributed by atoms with E-state index in [1.54, 1.807) is 18.2 Å². The van der Waals surface area contributed by atoms with Crippen molar-refractivity contribution in [2.75, 3.05) is 6.54 Å². The molecule has 4 heteroatoms. The first-order valence-electron chi connectivity index (χ1n) is 4.10. The summed E-state index contributed by atoms with van der Waals surface area (Å²) >= 11 is 5.72. The third-order valence-corrected chi connectivity index (χ3v) is 2.20. The lowest BCUT2D eigenvalue weighted by Gasteiger charge is -2.12. The molecule has 0 bridgehead atoms. The molecule has 1 rings (SSSR count). The molecule has 0 aromatic heterocycles. The van der Waals surface area contributed by atoms with Gasteiger partial charge in [-0.2, -0.15) is 0 Å². The van der Waals surface area contributed by atoms with Gasteiger partial charge in [0.05, 0.1) is 5.02 Å². The summed E-state index contributed by atoms with van der Waals surface area (Å²) in [5, 5.41) is 9.87. The number of halogens is 1. The maximum atomic E-state index is 9.54. The van der Waals surface area contributed by atoms with Gasteiger partial charge in [-0.3, -0.25) is 0 Å². The Hall–Kier alpha value is -0.770. The first-order chi connectivity index (χ1) is 6.16. The molecule has 1 aromatic rings. The number of phenols is 1. The largest absolute Gasteiger partial charge is 0.506 e. The van der Waals surface area contributed by atoms with Gasteiger partial charge < -0.3 is 16.6 Å². The zero-order valence-corrected chi connectivity index (χ0v) is 7.96. The summed E-state index contributed by atoms with van der Waals surface area (Å²) < 4.78 is 0. The van der Waals surface area contributed by atoms with E-state index in [1.807, 2.05) is 0 Å². The molecular formula is C9H13ClN2O. The van der Waals surface area contributed by atoms with Crippen LogP contribution >= 0.6 is 11.6 Å². The Bertz CT molecular complexity index is 291. The van der Waals surface area contributed by atoms with Crippen LogP contribution in [0, 0.1) is 0 Å². The number of rotatable bonds is 3. The smallest absolute Gasteiger partial charge is 0.138 e. The molecule has 3 nitrogen and oxygen atoms in total. The maximum Gasteiger partial charge on any atom is 0.138 e. The van der Waals surface area contributed by atoms with Gasteiger partial charge in [0, 0.05) is 11.6 Å². The lowest BCUT2D eigenvalue weighted by molar-refractivity contribution is 0.459. The second-order valence-electron chi connectivity index (χ2n) is 2.86. The van der Waals surface area contributed by atoms with Crippen molar-refractivity contribution in [3.63, 3.8) is 0 Å². The van der Waals surface area contributed by atoms with Crippen molar-refractivity contribution in [1.82, 2.24) is 0 Å². The van der Waals surface area contributed by atoms with Crippen molar-refractivity contribution < 1.29 is 5.11 Å². The Morgan fingerprint density at radius 3 is 2.77 bits per heavy atom. The van der Waals surface area contributed by atoms with E-state index in [0.29, 0.717) is 23.6 Å². The van der Waals surface area contributed by atoms with Crippen LogP contribution in [0.1, 0.15) is 18.0 Å². The molecule has 0 amide bonds. The lowest BCUT2D eigenvalue weighted by Crippen LogP contribution is -2.15. The fourth-order valence-corrected chi connectivity index (χ4v) is 1.35. The van der Waals surface area contributed by atoms with Gasteiger partial charge in [-0.05, 0) is 19.0 Å². The molecular weight excluding hydrogens is 188 g/mol. The van der Waals surface area contributed by atoms with E-state index in [2.05, 4.69) is 0 Å². The molecule has 5 N–H and O–H groups in total. The Morgan fingerprint density at radius 1 is 1.46 bits per heavy atom. The van der Waals surface area contributed by atoms with Crippen molar-refractivity contribution >= 4 is 11.6 Å². The Kier molecular flexibility index (Phi) is 3.54. The highest BCUT2D eigenvalue weighted by molar-refractivity contribution is 6.32. The van der Waals surface area contributed by atoms with E-state index in [1.165, 1.54) is 0 Å². The molecule has 0 aliphatic heterocycles. The van der Waals surface area contributed by atoms with Gasteiger partial charge in [-0.25, -0.2) is 0 Å². The molecule has 0 aliphatic carbocycles. The van der Waals surface area contributed by atoms with E-state index in [9.17, 15) is 5.11 Å². The Balaban J connectivity index is 2.93. The predicted octanol–water partition coefficient (Wildman–Crippen LogP) is 1.39. The van der Waals surface area contributed by atoms with Crippen LogP contribution in [0.5, 0.6) is 5.75 Å². The monoisotopic (exact) mass is 200 g/mol. The number of aromatic hydroxyl groups is 1. The fraction of sp³-hybridized carbons (Fsp3) is 0.333. The van der Waals surface area contributed by atoms with Crippen LogP contribution in [-0.2, 0) is 0 Å². The normalized spacial score (nSPS) is 12.8. The highest BCUT2D eigenvalue weighted by Crippen LogP contribution is 2.31. The average Bonchev–Trinajstić information content (AvgIpc) is 2.10. The number of hydrogen-bond acceptors (Lipinski definition) is 3. The van der Waals surface area contributed by atoms with E-state index in [-0.39, 0.29) is 11.8 Å². The third-order valence-electron chi connectivity index (χ3n) is 1.90. The molecule has 1 atom stereocenters. The van der Waals surface area contributed by atoms with Crippen molar-refractivity contribution in [2.45, 2.75) is 12.5 Å². The van der Waals surface area contributed by atoms with Gasteiger partial charge >= 0.3 is 0 Å². The number of nitrogens with two attached hydrogens (primary N) is 2. The van der Waals surface area contributed by atoms with Gasteiger partial charge in [0.1, 0.15) is 5.75 Å². The van der Waals surface area contributed by atoms with Crippen LogP contribution in [0.15, 0.2) is 18.2 Å². The molecule has 0 aliphatic rings. The molecule has 72 valence electrons. The molecule has 0 fully saturated rings. The summed E-state index contributed by atoms with van der Waals surface area (Å²) in [6.07, 6.45) is 0.633. The summed E-state index contributed by atoms with van der Waals surface area (Å²) in [4.78, 5) is 0. The summed E-state index contributed by atoms with van der Waals surface area (Å²) in [6.45, 7) is 0.493. The molecule has 1 unspecified atom stereocenters. The Labute approximate surface area is 82.3 Å². The minimum absolute atomic E-state index is 0.0603. The second kappa shape index (κ2) is 4.46. The summed E-state index contributed by atoms with van der Waals surface area (Å²) in [7, 11) is 0. The van der Waals surface area contributed by atoms with E-state index in [0.717, 1.165) is 0 Å². The minimum atomic E-state index is -0.247. The SMILES string of the molecule is NCCC(N)c1cccc(Cl)c1O. The quantitative estimate of drug-likeness (QED) is 0.691. The molecule has 1 aromatic carbocycles. The van der Waals surface area contributed by atoms with Crippen LogP contribution < -0.4 is 11.5 Å². The van der Waals surface area contributed by atoms with Gasteiger partial charge in [0.15, 0.2) is 0 Å². The van der Waals surface area contributed by atoms with Gasteiger partial charge in [-0.15, -0.1) is 0 Å². The number of hydrogen-bond donors (Lipinski definition) is 3.